The summed E-state index contributed by atoms with van der Waals surface area (Å²) in [5.41, 5.74) is 1.06. The molecule has 0 spiro atoms. The molecule has 1 aromatic heterocycles. The molecule has 1 nitrogen and oxygen atoms in total. The number of hydrogen-bond acceptors (Lipinski definition) is 2. The van der Waals surface area contributed by atoms with Crippen LogP contribution in [0.3, 0.4) is 0 Å². The number of rotatable bonds is 5. The molecule has 1 heterocycles. The molecule has 1 N–H and O–H groups in total. The van der Waals surface area contributed by atoms with E-state index in [4.69, 9.17) is 0 Å². The fourth-order valence-corrected chi connectivity index (χ4v) is 3.50. The minimum Gasteiger partial charge on any atom is -0.396 e. The van der Waals surface area contributed by atoms with Crippen molar-refractivity contribution in [2.45, 2.75) is 12.8 Å². The number of aliphatic hydroxyl groups excluding tert-OH is 1. The van der Waals surface area contributed by atoms with Gasteiger partial charge in [0.25, 0.3) is 0 Å². The van der Waals surface area contributed by atoms with Crippen LogP contribution >= 0.6 is 27.3 Å². The summed E-state index contributed by atoms with van der Waals surface area (Å²) in [4.78, 5) is 1.25. The van der Waals surface area contributed by atoms with Gasteiger partial charge in [0.15, 0.2) is 0 Å². The molecule has 0 fully saturated rings. The van der Waals surface area contributed by atoms with Crippen molar-refractivity contribution in [1.29, 1.82) is 0 Å². The Kier molecular flexibility index (Phi) is 4.92. The number of aliphatic hydroxyl groups is 1. The van der Waals surface area contributed by atoms with Crippen molar-refractivity contribution in [3.8, 4) is 0 Å². The van der Waals surface area contributed by atoms with Gasteiger partial charge in [-0.2, -0.15) is 0 Å². The Morgan fingerprint density at radius 3 is 2.39 bits per heavy atom. The fraction of sp³-hybridized carbons (Fsp3) is 0.286. The lowest BCUT2D eigenvalue weighted by Gasteiger charge is -2.13. The summed E-state index contributed by atoms with van der Waals surface area (Å²) in [6, 6.07) is 10.6. The summed E-state index contributed by atoms with van der Waals surface area (Å²) in [6.07, 6.45) is 1.62. The lowest BCUT2D eigenvalue weighted by molar-refractivity contribution is 0.225. The van der Waals surface area contributed by atoms with Gasteiger partial charge < -0.3 is 5.11 Å². The van der Waals surface area contributed by atoms with Crippen LogP contribution in [0.4, 0.5) is 4.39 Å². The predicted molar refractivity (Wildman–Crippen MR) is 76.4 cm³/mol. The summed E-state index contributed by atoms with van der Waals surface area (Å²) >= 11 is 5.12. The van der Waals surface area contributed by atoms with Gasteiger partial charge in [-0.15, -0.1) is 11.3 Å². The molecule has 0 bridgehead atoms. The standard InChI is InChI=1S/C14H14BrFOS/c15-14-6-5-13(18-14)8-11(9-17)7-10-1-3-12(16)4-2-10/h1-6,11,17H,7-9H2. The average Bonchev–Trinajstić information content (AvgIpc) is 2.77. The molecule has 96 valence electrons. The van der Waals surface area contributed by atoms with Crippen molar-refractivity contribution >= 4 is 27.3 Å². The Hall–Kier alpha value is -0.710. The monoisotopic (exact) mass is 328 g/mol. The van der Waals surface area contributed by atoms with Crippen LogP contribution in [0.25, 0.3) is 0 Å². The highest BCUT2D eigenvalue weighted by atomic mass is 79.9. The van der Waals surface area contributed by atoms with Gasteiger partial charge in [0, 0.05) is 11.5 Å². The number of hydrogen-bond donors (Lipinski definition) is 1. The van der Waals surface area contributed by atoms with Crippen LogP contribution in [-0.4, -0.2) is 11.7 Å². The molecule has 1 unspecified atom stereocenters. The first-order valence-corrected chi connectivity index (χ1v) is 7.38. The topological polar surface area (TPSA) is 20.2 Å². The van der Waals surface area contributed by atoms with E-state index >= 15 is 0 Å². The van der Waals surface area contributed by atoms with Crippen LogP contribution < -0.4 is 0 Å². The molecule has 2 aromatic rings. The maximum absolute atomic E-state index is 12.8. The summed E-state index contributed by atoms with van der Waals surface area (Å²) in [5.74, 6) is -0.0394. The zero-order valence-electron chi connectivity index (χ0n) is 9.77. The van der Waals surface area contributed by atoms with Crippen molar-refractivity contribution in [3.63, 3.8) is 0 Å². The zero-order valence-corrected chi connectivity index (χ0v) is 12.2. The molecule has 0 aliphatic rings. The van der Waals surface area contributed by atoms with Gasteiger partial charge in [0.2, 0.25) is 0 Å². The third-order valence-corrected chi connectivity index (χ3v) is 4.46. The van der Waals surface area contributed by atoms with E-state index in [0.29, 0.717) is 0 Å². The normalized spacial score (nSPS) is 12.6. The van der Waals surface area contributed by atoms with Crippen molar-refractivity contribution in [2.75, 3.05) is 6.61 Å². The highest BCUT2D eigenvalue weighted by Gasteiger charge is 2.11. The predicted octanol–water partition coefficient (Wildman–Crippen LogP) is 4.04. The van der Waals surface area contributed by atoms with Gasteiger partial charge in [-0.3, -0.25) is 0 Å². The average molecular weight is 329 g/mol. The van der Waals surface area contributed by atoms with E-state index in [1.54, 1.807) is 23.5 Å². The molecular weight excluding hydrogens is 315 g/mol. The molecular formula is C14H14BrFOS. The molecule has 0 amide bonds. The van der Waals surface area contributed by atoms with Crippen molar-refractivity contribution in [3.05, 3.63) is 56.4 Å². The summed E-state index contributed by atoms with van der Waals surface area (Å²) < 4.78 is 13.9. The summed E-state index contributed by atoms with van der Waals surface area (Å²) in [5, 5.41) is 9.43. The zero-order chi connectivity index (χ0) is 13.0. The third kappa shape index (κ3) is 3.90. The van der Waals surface area contributed by atoms with Crippen LogP contribution in [0.2, 0.25) is 0 Å². The first kappa shape index (κ1) is 13.7. The van der Waals surface area contributed by atoms with Gasteiger partial charge in [-0.05, 0) is 64.5 Å². The molecule has 18 heavy (non-hydrogen) atoms. The van der Waals surface area contributed by atoms with E-state index in [-0.39, 0.29) is 18.3 Å². The van der Waals surface area contributed by atoms with Crippen LogP contribution in [-0.2, 0) is 12.8 Å². The van der Waals surface area contributed by atoms with E-state index in [9.17, 15) is 9.50 Å². The lowest BCUT2D eigenvalue weighted by Crippen LogP contribution is -2.12. The molecule has 0 aliphatic heterocycles. The minimum absolute atomic E-state index is 0.146. The first-order chi connectivity index (χ1) is 8.67. The molecule has 2 rings (SSSR count). The second-order valence-corrected chi connectivity index (χ2v) is 6.84. The second-order valence-electron chi connectivity index (χ2n) is 4.29. The van der Waals surface area contributed by atoms with E-state index in [0.717, 1.165) is 22.2 Å². The van der Waals surface area contributed by atoms with Crippen LogP contribution in [0.1, 0.15) is 10.4 Å². The fourth-order valence-electron chi connectivity index (χ4n) is 1.90. The van der Waals surface area contributed by atoms with Crippen LogP contribution in [0, 0.1) is 11.7 Å². The van der Waals surface area contributed by atoms with E-state index in [1.165, 1.54) is 17.0 Å². The summed E-state index contributed by atoms with van der Waals surface area (Å²) in [6.45, 7) is 0.146. The van der Waals surface area contributed by atoms with Crippen LogP contribution in [0.5, 0.6) is 0 Å². The lowest BCUT2D eigenvalue weighted by atomic mass is 9.96. The Balaban J connectivity index is 1.99. The Morgan fingerprint density at radius 2 is 1.83 bits per heavy atom. The van der Waals surface area contributed by atoms with E-state index in [2.05, 4.69) is 22.0 Å². The molecule has 0 saturated heterocycles. The van der Waals surface area contributed by atoms with Crippen molar-refractivity contribution in [1.82, 2.24) is 0 Å². The van der Waals surface area contributed by atoms with Gasteiger partial charge in [-0.1, -0.05) is 12.1 Å². The van der Waals surface area contributed by atoms with Crippen LogP contribution in [0.15, 0.2) is 40.2 Å². The summed E-state index contributed by atoms with van der Waals surface area (Å²) in [7, 11) is 0. The van der Waals surface area contributed by atoms with Gasteiger partial charge >= 0.3 is 0 Å². The number of thiophene rings is 1. The number of benzene rings is 1. The maximum atomic E-state index is 12.8. The second kappa shape index (κ2) is 6.45. The molecule has 4 heteroatoms. The molecule has 1 atom stereocenters. The SMILES string of the molecule is OCC(Cc1ccc(F)cc1)Cc1ccc(Br)s1. The molecule has 0 aliphatic carbocycles. The van der Waals surface area contributed by atoms with Crippen molar-refractivity contribution in [2.24, 2.45) is 5.92 Å². The van der Waals surface area contributed by atoms with E-state index < -0.39 is 0 Å². The highest BCUT2D eigenvalue weighted by molar-refractivity contribution is 9.11. The Morgan fingerprint density at radius 1 is 1.11 bits per heavy atom. The maximum Gasteiger partial charge on any atom is 0.123 e. The first-order valence-electron chi connectivity index (χ1n) is 5.77. The highest BCUT2D eigenvalue weighted by Crippen LogP contribution is 2.25. The Bertz CT molecular complexity index is 495. The van der Waals surface area contributed by atoms with Crippen molar-refractivity contribution < 1.29 is 9.50 Å². The van der Waals surface area contributed by atoms with Gasteiger partial charge in [0.05, 0.1) is 3.79 Å². The minimum atomic E-state index is -0.221. The molecule has 1 aromatic carbocycles. The largest absolute Gasteiger partial charge is 0.396 e. The molecule has 0 saturated carbocycles. The quantitative estimate of drug-likeness (QED) is 0.878. The van der Waals surface area contributed by atoms with E-state index in [1.807, 2.05) is 6.07 Å². The third-order valence-electron chi connectivity index (χ3n) is 2.81. The van der Waals surface area contributed by atoms with Gasteiger partial charge in [-0.25, -0.2) is 4.39 Å². The number of halogens is 2. The Labute approximate surface area is 118 Å². The smallest absolute Gasteiger partial charge is 0.123 e. The molecule has 0 radical (unpaired) electrons. The van der Waals surface area contributed by atoms with Gasteiger partial charge in [0.1, 0.15) is 5.82 Å².